The number of carbonyl (C=O) groups is 2. The van der Waals surface area contributed by atoms with E-state index in [-0.39, 0.29) is 28.3 Å². The fourth-order valence-corrected chi connectivity index (χ4v) is 2.80. The van der Waals surface area contributed by atoms with Crippen molar-refractivity contribution >= 4 is 29.2 Å². The second-order valence-corrected chi connectivity index (χ2v) is 6.38. The van der Waals surface area contributed by atoms with Crippen molar-refractivity contribution in [3.05, 3.63) is 22.7 Å². The molecular formula is C18H24ClNO6. The summed E-state index contributed by atoms with van der Waals surface area (Å²) in [5, 5.41) is 2.88. The zero-order valence-corrected chi connectivity index (χ0v) is 15.9. The van der Waals surface area contributed by atoms with E-state index in [4.69, 9.17) is 25.8 Å². The number of ether oxygens (including phenoxy) is 4. The summed E-state index contributed by atoms with van der Waals surface area (Å²) in [5.74, 6) is -0.679. The lowest BCUT2D eigenvalue weighted by atomic mass is 10.1. The molecule has 0 aliphatic carbocycles. The molecule has 0 spiro atoms. The van der Waals surface area contributed by atoms with E-state index < -0.39 is 12.1 Å². The SMILES string of the molecule is COC(=O)c1cc(Cl)c(NC(=O)C(C)OCC2CCCCO2)cc1OC. The minimum absolute atomic E-state index is 0.0296. The van der Waals surface area contributed by atoms with Gasteiger partial charge < -0.3 is 24.3 Å². The smallest absolute Gasteiger partial charge is 0.341 e. The summed E-state index contributed by atoms with van der Waals surface area (Å²) in [6.07, 6.45) is 2.46. The summed E-state index contributed by atoms with van der Waals surface area (Å²) < 4.78 is 21.0. The van der Waals surface area contributed by atoms with E-state index in [0.29, 0.717) is 12.3 Å². The Bertz CT molecular complexity index is 645. The second-order valence-electron chi connectivity index (χ2n) is 5.98. The summed E-state index contributed by atoms with van der Waals surface area (Å²) in [5.41, 5.74) is 0.502. The number of nitrogens with one attached hydrogen (secondary N) is 1. The molecule has 7 nitrogen and oxygen atoms in total. The Labute approximate surface area is 157 Å². The van der Waals surface area contributed by atoms with E-state index in [9.17, 15) is 9.59 Å². The maximum atomic E-state index is 12.3. The minimum Gasteiger partial charge on any atom is -0.496 e. The number of rotatable bonds is 7. The van der Waals surface area contributed by atoms with Gasteiger partial charge in [0.15, 0.2) is 0 Å². The van der Waals surface area contributed by atoms with Gasteiger partial charge in [-0.3, -0.25) is 4.79 Å². The number of esters is 1. The van der Waals surface area contributed by atoms with E-state index in [1.165, 1.54) is 26.4 Å². The lowest BCUT2D eigenvalue weighted by Gasteiger charge is -2.24. The first kappa shape index (κ1) is 20.5. The van der Waals surface area contributed by atoms with Gasteiger partial charge in [0, 0.05) is 12.7 Å². The standard InChI is InChI=1S/C18H24ClNO6/c1-11(26-10-12-6-4-5-7-25-12)17(21)20-15-9-16(23-2)13(8-14(15)19)18(22)24-3/h8-9,11-12H,4-7,10H2,1-3H3,(H,20,21). The van der Waals surface area contributed by atoms with Crippen LogP contribution in [0.1, 0.15) is 36.5 Å². The molecule has 1 saturated heterocycles. The molecule has 1 amide bonds. The van der Waals surface area contributed by atoms with E-state index in [0.717, 1.165) is 25.9 Å². The molecule has 26 heavy (non-hydrogen) atoms. The molecule has 0 saturated carbocycles. The highest BCUT2D eigenvalue weighted by Crippen LogP contribution is 2.31. The Hall–Kier alpha value is -1.83. The third kappa shape index (κ3) is 5.33. The first-order chi connectivity index (χ1) is 12.5. The molecule has 0 bridgehead atoms. The molecule has 1 aliphatic rings. The predicted molar refractivity (Wildman–Crippen MR) is 97.0 cm³/mol. The third-order valence-corrected chi connectivity index (χ3v) is 4.44. The fourth-order valence-electron chi connectivity index (χ4n) is 2.59. The first-order valence-electron chi connectivity index (χ1n) is 8.46. The van der Waals surface area contributed by atoms with Gasteiger partial charge in [-0.2, -0.15) is 0 Å². The van der Waals surface area contributed by atoms with Crippen LogP contribution in [0.3, 0.4) is 0 Å². The molecule has 2 atom stereocenters. The van der Waals surface area contributed by atoms with E-state index in [1.807, 2.05) is 0 Å². The van der Waals surface area contributed by atoms with Gasteiger partial charge in [0.2, 0.25) is 0 Å². The molecule has 1 aromatic rings. The number of hydrogen-bond acceptors (Lipinski definition) is 6. The molecule has 2 rings (SSSR count). The summed E-state index contributed by atoms with van der Waals surface area (Å²) in [7, 11) is 2.68. The number of anilines is 1. The number of amides is 1. The number of carbonyl (C=O) groups excluding carboxylic acids is 2. The van der Waals surface area contributed by atoms with Gasteiger partial charge in [-0.25, -0.2) is 4.79 Å². The van der Waals surface area contributed by atoms with E-state index >= 15 is 0 Å². The van der Waals surface area contributed by atoms with Crippen molar-refractivity contribution < 1.29 is 28.5 Å². The number of benzene rings is 1. The van der Waals surface area contributed by atoms with Gasteiger partial charge in [-0.05, 0) is 32.3 Å². The highest BCUT2D eigenvalue weighted by molar-refractivity contribution is 6.34. The topological polar surface area (TPSA) is 83.1 Å². The fraction of sp³-hybridized carbons (Fsp3) is 0.556. The summed E-state index contributed by atoms with van der Waals surface area (Å²) >= 11 is 6.17. The molecule has 1 N–H and O–H groups in total. The van der Waals surface area contributed by atoms with Crippen LogP contribution >= 0.6 is 11.6 Å². The quantitative estimate of drug-likeness (QED) is 0.726. The summed E-state index contributed by atoms with van der Waals surface area (Å²) in [4.78, 5) is 24.1. The van der Waals surface area contributed by atoms with Crippen LogP contribution in [0, 0.1) is 0 Å². The van der Waals surface area contributed by atoms with Crippen LogP contribution in [0.2, 0.25) is 5.02 Å². The van der Waals surface area contributed by atoms with Gasteiger partial charge in [-0.1, -0.05) is 11.6 Å². The second kappa shape index (κ2) is 9.75. The summed E-state index contributed by atoms with van der Waals surface area (Å²) in [6.45, 7) is 2.76. The van der Waals surface area contributed by atoms with Gasteiger partial charge in [0.05, 0.1) is 37.6 Å². The Kier molecular flexibility index (Phi) is 7.68. The predicted octanol–water partition coefficient (Wildman–Crippen LogP) is 3.05. The number of methoxy groups -OCH3 is 2. The molecular weight excluding hydrogens is 362 g/mol. The molecule has 0 aromatic heterocycles. The number of hydrogen-bond donors (Lipinski definition) is 1. The minimum atomic E-state index is -0.678. The highest BCUT2D eigenvalue weighted by atomic mass is 35.5. The van der Waals surface area contributed by atoms with Gasteiger partial charge in [0.1, 0.15) is 17.4 Å². The lowest BCUT2D eigenvalue weighted by molar-refractivity contribution is -0.130. The monoisotopic (exact) mass is 385 g/mol. The van der Waals surface area contributed by atoms with Crippen LogP contribution in [-0.2, 0) is 19.0 Å². The Morgan fingerprint density at radius 3 is 2.73 bits per heavy atom. The van der Waals surface area contributed by atoms with Crippen LogP contribution in [0.25, 0.3) is 0 Å². The van der Waals surface area contributed by atoms with Crippen LogP contribution < -0.4 is 10.1 Å². The molecule has 1 fully saturated rings. The number of halogens is 1. The van der Waals surface area contributed by atoms with Crippen LogP contribution in [-0.4, -0.2) is 51.5 Å². The maximum Gasteiger partial charge on any atom is 0.341 e. The van der Waals surface area contributed by atoms with Gasteiger partial charge >= 0.3 is 5.97 Å². The van der Waals surface area contributed by atoms with Crippen LogP contribution in [0.4, 0.5) is 5.69 Å². The van der Waals surface area contributed by atoms with Crippen molar-refractivity contribution in [2.75, 3.05) is 32.8 Å². The Morgan fingerprint density at radius 1 is 1.35 bits per heavy atom. The molecule has 0 radical (unpaired) electrons. The molecule has 1 aliphatic heterocycles. The maximum absolute atomic E-state index is 12.3. The van der Waals surface area contributed by atoms with Crippen LogP contribution in [0.15, 0.2) is 12.1 Å². The Balaban J connectivity index is 1.99. The molecule has 8 heteroatoms. The van der Waals surface area contributed by atoms with Gasteiger partial charge in [-0.15, -0.1) is 0 Å². The largest absolute Gasteiger partial charge is 0.496 e. The highest BCUT2D eigenvalue weighted by Gasteiger charge is 2.21. The molecule has 1 aromatic carbocycles. The normalized spacial score (nSPS) is 18.1. The van der Waals surface area contributed by atoms with Crippen molar-refractivity contribution in [2.24, 2.45) is 0 Å². The van der Waals surface area contributed by atoms with Crippen molar-refractivity contribution in [3.8, 4) is 5.75 Å². The average Bonchev–Trinajstić information content (AvgIpc) is 2.67. The Morgan fingerprint density at radius 2 is 2.12 bits per heavy atom. The lowest BCUT2D eigenvalue weighted by Crippen LogP contribution is -2.32. The van der Waals surface area contributed by atoms with Crippen LogP contribution in [0.5, 0.6) is 5.75 Å². The van der Waals surface area contributed by atoms with Gasteiger partial charge in [0.25, 0.3) is 5.91 Å². The zero-order chi connectivity index (χ0) is 19.1. The van der Waals surface area contributed by atoms with Crippen molar-refractivity contribution in [1.29, 1.82) is 0 Å². The summed E-state index contributed by atoms with van der Waals surface area (Å²) in [6, 6.07) is 2.87. The first-order valence-corrected chi connectivity index (χ1v) is 8.84. The van der Waals surface area contributed by atoms with Crippen molar-refractivity contribution in [1.82, 2.24) is 0 Å². The third-order valence-electron chi connectivity index (χ3n) is 4.13. The van der Waals surface area contributed by atoms with E-state index in [2.05, 4.69) is 10.1 Å². The molecule has 1 heterocycles. The molecule has 144 valence electrons. The van der Waals surface area contributed by atoms with Crippen molar-refractivity contribution in [2.45, 2.75) is 38.4 Å². The average molecular weight is 386 g/mol. The van der Waals surface area contributed by atoms with E-state index in [1.54, 1.807) is 6.92 Å². The molecule has 2 unspecified atom stereocenters. The zero-order valence-electron chi connectivity index (χ0n) is 15.2. The van der Waals surface area contributed by atoms with Crippen molar-refractivity contribution in [3.63, 3.8) is 0 Å².